The predicted octanol–water partition coefficient (Wildman–Crippen LogP) is 2.70. The van der Waals surface area contributed by atoms with Crippen LogP contribution in [0.15, 0.2) is 39.3 Å². The molecule has 0 aliphatic heterocycles. The van der Waals surface area contributed by atoms with E-state index in [1.165, 1.54) is 6.20 Å². The predicted molar refractivity (Wildman–Crippen MR) is 96.4 cm³/mol. The van der Waals surface area contributed by atoms with Gasteiger partial charge in [0, 0.05) is 21.7 Å². The molecule has 0 unspecified atom stereocenters. The monoisotopic (exact) mass is 445 g/mol. The number of hydrogen-bond acceptors (Lipinski definition) is 5. The molecule has 8 nitrogen and oxygen atoms in total. The van der Waals surface area contributed by atoms with Gasteiger partial charge in [0.05, 0.1) is 6.54 Å². The number of aromatic nitrogens is 4. The summed E-state index contributed by atoms with van der Waals surface area (Å²) in [6, 6.07) is 1.15. The van der Waals surface area contributed by atoms with Crippen molar-refractivity contribution in [2.45, 2.75) is 27.3 Å². The smallest absolute Gasteiger partial charge is 0.404 e. The van der Waals surface area contributed by atoms with Gasteiger partial charge >= 0.3 is 11.8 Å². The van der Waals surface area contributed by atoms with Crippen molar-refractivity contribution in [1.82, 2.24) is 19.3 Å². The van der Waals surface area contributed by atoms with Crippen LogP contribution < -0.4 is 11.4 Å². The second-order valence-electron chi connectivity index (χ2n) is 6.68. The first-order chi connectivity index (χ1) is 12.5. The van der Waals surface area contributed by atoms with Crippen molar-refractivity contribution in [3.63, 3.8) is 0 Å². The fourth-order valence-electron chi connectivity index (χ4n) is 2.22. The number of allylic oxidation sites excluding steroid dienone is 1. The SMILES string of the molecule is CC(C)(C)/C(F)=C(\COC(N)=O)Cn1ncn(-c2ncc(Br)cc2F)c1=O. The molecule has 2 heterocycles. The molecule has 27 heavy (non-hydrogen) atoms. The minimum absolute atomic E-state index is 0.0119. The molecular weight excluding hydrogens is 428 g/mol. The van der Waals surface area contributed by atoms with Crippen LogP contribution in [0.25, 0.3) is 5.82 Å². The molecule has 2 rings (SSSR count). The minimum atomic E-state index is -1.08. The van der Waals surface area contributed by atoms with Gasteiger partial charge in [-0.15, -0.1) is 0 Å². The molecular formula is C16H18BrF2N5O3. The molecule has 0 radical (unpaired) electrons. The first-order valence-electron chi connectivity index (χ1n) is 7.77. The second-order valence-corrected chi connectivity index (χ2v) is 7.59. The average molecular weight is 446 g/mol. The number of pyridine rings is 1. The van der Waals surface area contributed by atoms with E-state index in [4.69, 9.17) is 5.73 Å². The van der Waals surface area contributed by atoms with Crippen LogP contribution in [-0.4, -0.2) is 32.0 Å². The first-order valence-corrected chi connectivity index (χ1v) is 8.56. The molecule has 0 aromatic carbocycles. The van der Waals surface area contributed by atoms with E-state index < -0.39 is 35.4 Å². The van der Waals surface area contributed by atoms with Gasteiger partial charge < -0.3 is 10.5 Å². The van der Waals surface area contributed by atoms with E-state index in [0.29, 0.717) is 4.47 Å². The summed E-state index contributed by atoms with van der Waals surface area (Å²) in [6.07, 6.45) is 1.32. The van der Waals surface area contributed by atoms with E-state index in [-0.39, 0.29) is 17.9 Å². The normalized spacial score (nSPS) is 12.7. The number of ether oxygens (including phenoxy) is 1. The van der Waals surface area contributed by atoms with Crippen LogP contribution in [0.2, 0.25) is 0 Å². The van der Waals surface area contributed by atoms with Gasteiger partial charge in [-0.05, 0) is 22.0 Å². The number of rotatable bonds is 5. The zero-order chi connectivity index (χ0) is 20.4. The number of amides is 1. The van der Waals surface area contributed by atoms with E-state index in [9.17, 15) is 18.4 Å². The van der Waals surface area contributed by atoms with E-state index in [1.54, 1.807) is 20.8 Å². The van der Waals surface area contributed by atoms with Gasteiger partial charge in [0.1, 0.15) is 18.8 Å². The van der Waals surface area contributed by atoms with Crippen LogP contribution in [0, 0.1) is 11.2 Å². The third-order valence-corrected chi connectivity index (χ3v) is 3.88. The Bertz CT molecular complexity index is 946. The van der Waals surface area contributed by atoms with Gasteiger partial charge in [0.15, 0.2) is 11.6 Å². The highest BCUT2D eigenvalue weighted by molar-refractivity contribution is 9.10. The van der Waals surface area contributed by atoms with Crippen molar-refractivity contribution in [3.8, 4) is 5.82 Å². The van der Waals surface area contributed by atoms with E-state index >= 15 is 0 Å². The molecule has 2 aromatic rings. The number of nitrogens with two attached hydrogens (primary N) is 1. The molecule has 0 aliphatic rings. The number of nitrogens with zero attached hydrogens (tertiary/aromatic N) is 4. The molecule has 0 bridgehead atoms. The molecule has 1 amide bonds. The van der Waals surface area contributed by atoms with Crippen LogP contribution >= 0.6 is 15.9 Å². The van der Waals surface area contributed by atoms with Crippen LogP contribution in [0.1, 0.15) is 20.8 Å². The summed E-state index contributed by atoms with van der Waals surface area (Å²) >= 11 is 3.08. The summed E-state index contributed by atoms with van der Waals surface area (Å²) in [6.45, 7) is 4.11. The highest BCUT2D eigenvalue weighted by atomic mass is 79.9. The Balaban J connectivity index is 2.41. The fourth-order valence-corrected chi connectivity index (χ4v) is 2.53. The number of primary amides is 1. The summed E-state index contributed by atoms with van der Waals surface area (Å²) in [5.74, 6) is -1.55. The zero-order valence-corrected chi connectivity index (χ0v) is 16.5. The quantitative estimate of drug-likeness (QED) is 0.761. The molecule has 0 fully saturated rings. The highest BCUT2D eigenvalue weighted by Crippen LogP contribution is 2.29. The largest absolute Gasteiger partial charge is 0.445 e. The van der Waals surface area contributed by atoms with Crippen molar-refractivity contribution in [2.75, 3.05) is 6.61 Å². The lowest BCUT2D eigenvalue weighted by Crippen LogP contribution is -2.28. The molecule has 0 saturated heterocycles. The number of carbonyl (C=O) groups excluding carboxylic acids is 1. The van der Waals surface area contributed by atoms with Crippen molar-refractivity contribution >= 4 is 22.0 Å². The summed E-state index contributed by atoms with van der Waals surface area (Å²) in [7, 11) is 0. The third kappa shape index (κ3) is 5.00. The molecule has 0 spiro atoms. The van der Waals surface area contributed by atoms with Gasteiger partial charge in [0.2, 0.25) is 0 Å². The van der Waals surface area contributed by atoms with E-state index in [0.717, 1.165) is 21.6 Å². The van der Waals surface area contributed by atoms with Crippen LogP contribution in [0.5, 0.6) is 0 Å². The van der Waals surface area contributed by atoms with Gasteiger partial charge in [-0.25, -0.2) is 32.6 Å². The Morgan fingerprint density at radius 1 is 1.41 bits per heavy atom. The lowest BCUT2D eigenvalue weighted by atomic mass is 9.92. The van der Waals surface area contributed by atoms with Gasteiger partial charge in [0.25, 0.3) is 0 Å². The Hall–Kier alpha value is -2.56. The van der Waals surface area contributed by atoms with Crippen LogP contribution in [0.4, 0.5) is 13.6 Å². The Labute approximate surface area is 161 Å². The summed E-state index contributed by atoms with van der Waals surface area (Å²) in [5.41, 5.74) is 3.32. The maximum atomic E-state index is 14.7. The molecule has 11 heteroatoms. The Kier molecular flexibility index (Phi) is 6.14. The molecule has 146 valence electrons. The zero-order valence-electron chi connectivity index (χ0n) is 14.9. The summed E-state index contributed by atoms with van der Waals surface area (Å²) < 4.78 is 35.6. The molecule has 0 atom stereocenters. The van der Waals surface area contributed by atoms with Crippen molar-refractivity contribution in [2.24, 2.45) is 11.1 Å². The maximum absolute atomic E-state index is 14.7. The Morgan fingerprint density at radius 2 is 2.07 bits per heavy atom. The summed E-state index contributed by atoms with van der Waals surface area (Å²) in [5, 5.41) is 3.86. The average Bonchev–Trinajstić information content (AvgIpc) is 2.90. The standard InChI is InChI=1S/C16H18BrF2N5O3/c1-16(2,3)12(19)9(7-27-14(20)25)6-24-15(26)23(8-22-24)13-11(18)4-10(17)5-21-13/h4-5,8H,6-7H2,1-3H3,(H2,20,25)/b12-9+. The number of carbonyl (C=O) groups is 1. The lowest BCUT2D eigenvalue weighted by molar-refractivity contribution is 0.163. The third-order valence-electron chi connectivity index (χ3n) is 3.45. The van der Waals surface area contributed by atoms with Crippen molar-refractivity contribution < 1.29 is 18.3 Å². The summed E-state index contributed by atoms with van der Waals surface area (Å²) in [4.78, 5) is 27.2. The van der Waals surface area contributed by atoms with Gasteiger partial charge in [-0.3, -0.25) is 0 Å². The van der Waals surface area contributed by atoms with Gasteiger partial charge in [-0.2, -0.15) is 5.10 Å². The van der Waals surface area contributed by atoms with E-state index in [1.807, 2.05) is 0 Å². The Morgan fingerprint density at radius 3 is 2.63 bits per heavy atom. The highest BCUT2D eigenvalue weighted by Gasteiger charge is 2.24. The molecule has 0 aliphatic carbocycles. The fraction of sp³-hybridized carbons (Fsp3) is 0.375. The van der Waals surface area contributed by atoms with Crippen molar-refractivity contribution in [3.05, 3.63) is 50.8 Å². The molecule has 0 saturated carbocycles. The number of halogens is 3. The van der Waals surface area contributed by atoms with Gasteiger partial charge in [-0.1, -0.05) is 20.8 Å². The van der Waals surface area contributed by atoms with E-state index in [2.05, 4.69) is 30.7 Å². The van der Waals surface area contributed by atoms with Crippen LogP contribution in [0.3, 0.4) is 0 Å². The lowest BCUT2D eigenvalue weighted by Gasteiger charge is -2.20. The maximum Gasteiger partial charge on any atom is 0.404 e. The van der Waals surface area contributed by atoms with Crippen molar-refractivity contribution in [1.29, 1.82) is 0 Å². The first kappa shape index (κ1) is 20.7. The molecule has 2 N–H and O–H groups in total. The minimum Gasteiger partial charge on any atom is -0.445 e. The van der Waals surface area contributed by atoms with Crippen LogP contribution in [-0.2, 0) is 11.3 Å². The topological polar surface area (TPSA) is 105 Å². The second kappa shape index (κ2) is 7.99. The number of hydrogen-bond donors (Lipinski definition) is 1. The molecule has 2 aromatic heterocycles.